The predicted octanol–water partition coefficient (Wildman–Crippen LogP) is 3.75. The van der Waals surface area contributed by atoms with Crippen molar-refractivity contribution >= 4 is 11.8 Å². The van der Waals surface area contributed by atoms with Crippen molar-refractivity contribution in [3.05, 3.63) is 47.0 Å². The smallest absolute Gasteiger partial charge is 0.161 e. The van der Waals surface area contributed by atoms with E-state index in [1.165, 1.54) is 0 Å². The highest BCUT2D eigenvalue weighted by atomic mass is 16.5. The first-order valence-corrected chi connectivity index (χ1v) is 7.52. The van der Waals surface area contributed by atoms with Crippen molar-refractivity contribution in [2.45, 2.75) is 6.61 Å². The molecule has 0 fully saturated rings. The Kier molecular flexibility index (Phi) is 4.51. The van der Waals surface area contributed by atoms with E-state index < -0.39 is 0 Å². The Labute approximate surface area is 141 Å². The SMILES string of the molecule is COc1ccc(C2=Cc3cc(OC)c(OC)cc3CO2)cc1OC. The lowest BCUT2D eigenvalue weighted by Gasteiger charge is -2.21. The van der Waals surface area contributed by atoms with Crippen molar-refractivity contribution in [3.8, 4) is 23.0 Å². The second kappa shape index (κ2) is 6.74. The molecule has 0 spiro atoms. The van der Waals surface area contributed by atoms with Crippen LogP contribution in [0.5, 0.6) is 23.0 Å². The van der Waals surface area contributed by atoms with Crippen molar-refractivity contribution in [2.75, 3.05) is 28.4 Å². The van der Waals surface area contributed by atoms with E-state index in [1.54, 1.807) is 28.4 Å². The summed E-state index contributed by atoms with van der Waals surface area (Å²) in [4.78, 5) is 0. The van der Waals surface area contributed by atoms with Gasteiger partial charge in [-0.2, -0.15) is 0 Å². The van der Waals surface area contributed by atoms with Gasteiger partial charge in [-0.15, -0.1) is 0 Å². The highest BCUT2D eigenvalue weighted by molar-refractivity contribution is 5.81. The number of fused-ring (bicyclic) bond motifs is 1. The summed E-state index contributed by atoms with van der Waals surface area (Å²) >= 11 is 0. The summed E-state index contributed by atoms with van der Waals surface area (Å²) in [6.07, 6.45) is 1.99. The number of hydrogen-bond donors (Lipinski definition) is 0. The maximum absolute atomic E-state index is 5.90. The lowest BCUT2D eigenvalue weighted by Crippen LogP contribution is -2.04. The Hall–Kier alpha value is -2.82. The van der Waals surface area contributed by atoms with Gasteiger partial charge < -0.3 is 23.7 Å². The molecule has 1 aliphatic heterocycles. The van der Waals surface area contributed by atoms with Gasteiger partial charge in [0, 0.05) is 11.1 Å². The summed E-state index contributed by atoms with van der Waals surface area (Å²) in [7, 11) is 6.48. The highest BCUT2D eigenvalue weighted by Crippen LogP contribution is 2.38. The third kappa shape index (κ3) is 2.85. The third-order valence-electron chi connectivity index (χ3n) is 3.98. The fourth-order valence-corrected chi connectivity index (χ4v) is 2.69. The van der Waals surface area contributed by atoms with Gasteiger partial charge >= 0.3 is 0 Å². The van der Waals surface area contributed by atoms with E-state index in [-0.39, 0.29) is 0 Å². The summed E-state index contributed by atoms with van der Waals surface area (Å²) in [5.41, 5.74) is 3.02. The third-order valence-corrected chi connectivity index (χ3v) is 3.98. The van der Waals surface area contributed by atoms with Crippen LogP contribution in [-0.2, 0) is 11.3 Å². The number of rotatable bonds is 5. The Morgan fingerprint density at radius 1 is 0.750 bits per heavy atom. The quantitative estimate of drug-likeness (QED) is 0.836. The zero-order chi connectivity index (χ0) is 17.1. The van der Waals surface area contributed by atoms with E-state index in [0.29, 0.717) is 29.6 Å². The minimum absolute atomic E-state index is 0.468. The number of benzene rings is 2. The van der Waals surface area contributed by atoms with Gasteiger partial charge in [-0.05, 0) is 42.0 Å². The van der Waals surface area contributed by atoms with E-state index in [2.05, 4.69) is 0 Å². The molecule has 2 aromatic carbocycles. The minimum Gasteiger partial charge on any atom is -0.493 e. The normalized spacial score (nSPS) is 12.6. The van der Waals surface area contributed by atoms with Crippen LogP contribution < -0.4 is 18.9 Å². The number of ether oxygens (including phenoxy) is 5. The lowest BCUT2D eigenvalue weighted by molar-refractivity contribution is 0.260. The van der Waals surface area contributed by atoms with Crippen LogP contribution in [0.25, 0.3) is 11.8 Å². The first kappa shape index (κ1) is 16.1. The van der Waals surface area contributed by atoms with Crippen LogP contribution >= 0.6 is 0 Å². The van der Waals surface area contributed by atoms with Crippen LogP contribution in [0, 0.1) is 0 Å². The molecule has 0 aliphatic carbocycles. The van der Waals surface area contributed by atoms with E-state index in [4.69, 9.17) is 23.7 Å². The maximum atomic E-state index is 5.90. The molecule has 0 amide bonds. The summed E-state index contributed by atoms with van der Waals surface area (Å²) < 4.78 is 27.3. The van der Waals surface area contributed by atoms with Gasteiger partial charge in [0.05, 0.1) is 28.4 Å². The van der Waals surface area contributed by atoms with E-state index >= 15 is 0 Å². The van der Waals surface area contributed by atoms with Crippen molar-refractivity contribution in [3.63, 3.8) is 0 Å². The Balaban J connectivity index is 2.01. The molecule has 0 aromatic heterocycles. The van der Waals surface area contributed by atoms with Crippen molar-refractivity contribution in [1.29, 1.82) is 0 Å². The predicted molar refractivity (Wildman–Crippen MR) is 91.8 cm³/mol. The second-order valence-electron chi connectivity index (χ2n) is 5.27. The largest absolute Gasteiger partial charge is 0.493 e. The molecule has 0 saturated heterocycles. The van der Waals surface area contributed by atoms with Gasteiger partial charge in [0.2, 0.25) is 0 Å². The highest BCUT2D eigenvalue weighted by Gasteiger charge is 2.18. The molecular formula is C19H20O5. The minimum atomic E-state index is 0.468. The molecule has 0 bridgehead atoms. The van der Waals surface area contributed by atoms with Crippen LogP contribution in [0.3, 0.4) is 0 Å². The summed E-state index contributed by atoms with van der Waals surface area (Å²) in [6, 6.07) is 9.60. The summed E-state index contributed by atoms with van der Waals surface area (Å²) in [5.74, 6) is 3.52. The van der Waals surface area contributed by atoms with Crippen LogP contribution in [0.1, 0.15) is 16.7 Å². The molecule has 0 saturated carbocycles. The standard InChI is InChI=1S/C19H20O5/c1-20-15-6-5-12(7-17(15)21-2)16-8-13-9-18(22-3)19(23-4)10-14(13)11-24-16/h5-10H,11H2,1-4H3. The van der Waals surface area contributed by atoms with Gasteiger partial charge in [-0.1, -0.05) is 0 Å². The molecule has 1 heterocycles. The Morgan fingerprint density at radius 3 is 2.04 bits per heavy atom. The number of hydrogen-bond acceptors (Lipinski definition) is 5. The van der Waals surface area contributed by atoms with Gasteiger partial charge in [0.1, 0.15) is 12.4 Å². The van der Waals surface area contributed by atoms with Gasteiger partial charge in [0.15, 0.2) is 23.0 Å². The van der Waals surface area contributed by atoms with Crippen LogP contribution in [0.4, 0.5) is 0 Å². The zero-order valence-corrected chi connectivity index (χ0v) is 14.2. The molecular weight excluding hydrogens is 308 g/mol. The molecule has 0 N–H and O–H groups in total. The molecule has 1 aliphatic rings. The molecule has 2 aromatic rings. The molecule has 3 rings (SSSR count). The first-order valence-electron chi connectivity index (χ1n) is 7.52. The molecule has 0 radical (unpaired) electrons. The van der Waals surface area contributed by atoms with Crippen LogP contribution in [-0.4, -0.2) is 28.4 Å². The average Bonchev–Trinajstić information content (AvgIpc) is 2.65. The molecule has 24 heavy (non-hydrogen) atoms. The van der Waals surface area contributed by atoms with Crippen molar-refractivity contribution in [2.24, 2.45) is 0 Å². The molecule has 0 atom stereocenters. The zero-order valence-electron chi connectivity index (χ0n) is 14.2. The van der Waals surface area contributed by atoms with Gasteiger partial charge in [0.25, 0.3) is 0 Å². The van der Waals surface area contributed by atoms with E-state index in [0.717, 1.165) is 22.4 Å². The molecule has 126 valence electrons. The van der Waals surface area contributed by atoms with Gasteiger partial charge in [-0.3, -0.25) is 0 Å². The summed E-state index contributed by atoms with van der Waals surface area (Å²) in [5, 5.41) is 0. The van der Waals surface area contributed by atoms with E-state index in [9.17, 15) is 0 Å². The first-order chi connectivity index (χ1) is 11.7. The molecule has 5 nitrogen and oxygen atoms in total. The second-order valence-corrected chi connectivity index (χ2v) is 5.27. The molecule has 0 unspecified atom stereocenters. The topological polar surface area (TPSA) is 46.2 Å². The Bertz CT molecular complexity index is 780. The van der Waals surface area contributed by atoms with Crippen LogP contribution in [0.2, 0.25) is 0 Å². The van der Waals surface area contributed by atoms with Crippen molar-refractivity contribution < 1.29 is 23.7 Å². The maximum Gasteiger partial charge on any atom is 0.161 e. The average molecular weight is 328 g/mol. The fraction of sp³-hybridized carbons (Fsp3) is 0.263. The van der Waals surface area contributed by atoms with Crippen molar-refractivity contribution in [1.82, 2.24) is 0 Å². The number of methoxy groups -OCH3 is 4. The molecule has 5 heteroatoms. The van der Waals surface area contributed by atoms with Crippen LogP contribution in [0.15, 0.2) is 30.3 Å². The monoisotopic (exact) mass is 328 g/mol. The lowest BCUT2D eigenvalue weighted by atomic mass is 10.0. The summed E-state index contributed by atoms with van der Waals surface area (Å²) in [6.45, 7) is 0.468. The van der Waals surface area contributed by atoms with Gasteiger partial charge in [-0.25, -0.2) is 0 Å². The Morgan fingerprint density at radius 2 is 1.38 bits per heavy atom. The van der Waals surface area contributed by atoms with E-state index in [1.807, 2.05) is 36.4 Å². The fourth-order valence-electron chi connectivity index (χ4n) is 2.69.